The Labute approximate surface area is 126 Å². The van der Waals surface area contributed by atoms with Crippen molar-refractivity contribution < 1.29 is 4.39 Å². The van der Waals surface area contributed by atoms with Crippen LogP contribution in [-0.4, -0.2) is 0 Å². The van der Waals surface area contributed by atoms with Gasteiger partial charge in [0.05, 0.1) is 5.92 Å². The molecule has 0 N–H and O–H groups in total. The maximum Gasteiger partial charge on any atom is 0.123 e. The average molecular weight is 302 g/mol. The van der Waals surface area contributed by atoms with Crippen LogP contribution in [0.1, 0.15) is 31.0 Å². The second-order valence-corrected chi connectivity index (χ2v) is 7.52. The summed E-state index contributed by atoms with van der Waals surface area (Å²) in [4.78, 5) is 5.24. The topological polar surface area (TPSA) is 0 Å². The van der Waals surface area contributed by atoms with E-state index in [1.807, 2.05) is 34.8 Å². The van der Waals surface area contributed by atoms with E-state index in [0.29, 0.717) is 0 Å². The number of aryl methyl sites for hydroxylation is 2. The molecular formula is C17H15FS2. The van der Waals surface area contributed by atoms with Crippen LogP contribution in [0.4, 0.5) is 4.39 Å². The lowest BCUT2D eigenvalue weighted by atomic mass is 9.96. The minimum absolute atomic E-state index is 0.183. The molecule has 0 saturated carbocycles. The Morgan fingerprint density at radius 1 is 0.750 bits per heavy atom. The molecule has 1 aromatic carbocycles. The molecule has 0 aliphatic rings. The standard InChI is InChI=1S/C17H15FS2/c1-11-3-9-15(19-11)17(16-10-4-12(2)20-16)13-5-7-14(18)8-6-13/h3-10,17H,1-2H3. The highest BCUT2D eigenvalue weighted by molar-refractivity contribution is 7.13. The van der Waals surface area contributed by atoms with Crippen molar-refractivity contribution in [2.45, 2.75) is 19.8 Å². The molecule has 2 aromatic heterocycles. The molecule has 0 unspecified atom stereocenters. The molecule has 0 aliphatic carbocycles. The van der Waals surface area contributed by atoms with Crippen LogP contribution in [-0.2, 0) is 0 Å². The largest absolute Gasteiger partial charge is 0.207 e. The fourth-order valence-corrected chi connectivity index (χ4v) is 4.47. The molecule has 0 nitrogen and oxygen atoms in total. The molecule has 2 heterocycles. The molecule has 3 aromatic rings. The van der Waals surface area contributed by atoms with Crippen LogP contribution in [0, 0.1) is 19.7 Å². The van der Waals surface area contributed by atoms with Crippen molar-refractivity contribution >= 4 is 22.7 Å². The highest BCUT2D eigenvalue weighted by Crippen LogP contribution is 2.38. The van der Waals surface area contributed by atoms with E-state index < -0.39 is 0 Å². The van der Waals surface area contributed by atoms with Gasteiger partial charge in [0.15, 0.2) is 0 Å². The zero-order valence-corrected chi connectivity index (χ0v) is 13.0. The van der Waals surface area contributed by atoms with Crippen LogP contribution in [0.3, 0.4) is 0 Å². The molecule has 0 spiro atoms. The van der Waals surface area contributed by atoms with Crippen LogP contribution >= 0.6 is 22.7 Å². The summed E-state index contributed by atoms with van der Waals surface area (Å²) < 4.78 is 13.2. The maximum atomic E-state index is 13.2. The highest BCUT2D eigenvalue weighted by Gasteiger charge is 2.19. The van der Waals surface area contributed by atoms with E-state index in [9.17, 15) is 4.39 Å². The van der Waals surface area contributed by atoms with Crippen LogP contribution in [0.2, 0.25) is 0 Å². The van der Waals surface area contributed by atoms with Gasteiger partial charge in [-0.1, -0.05) is 12.1 Å². The van der Waals surface area contributed by atoms with Crippen molar-refractivity contribution in [3.8, 4) is 0 Å². The quantitative estimate of drug-likeness (QED) is 0.578. The Bertz CT molecular complexity index is 666. The van der Waals surface area contributed by atoms with Crippen molar-refractivity contribution in [2.75, 3.05) is 0 Å². The predicted molar refractivity (Wildman–Crippen MR) is 85.5 cm³/mol. The van der Waals surface area contributed by atoms with Gasteiger partial charge < -0.3 is 0 Å². The second kappa shape index (κ2) is 5.51. The van der Waals surface area contributed by atoms with Crippen LogP contribution < -0.4 is 0 Å². The summed E-state index contributed by atoms with van der Waals surface area (Å²) in [6.45, 7) is 4.24. The smallest absolute Gasteiger partial charge is 0.123 e. The Morgan fingerprint density at radius 2 is 1.25 bits per heavy atom. The van der Waals surface area contributed by atoms with Crippen molar-refractivity contribution in [1.82, 2.24) is 0 Å². The molecular weight excluding hydrogens is 287 g/mol. The summed E-state index contributed by atoms with van der Waals surface area (Å²) in [7, 11) is 0. The fraction of sp³-hybridized carbons (Fsp3) is 0.176. The second-order valence-electron chi connectivity index (χ2n) is 4.88. The molecule has 3 heteroatoms. The molecule has 0 radical (unpaired) electrons. The van der Waals surface area contributed by atoms with E-state index in [0.717, 1.165) is 5.56 Å². The van der Waals surface area contributed by atoms with E-state index >= 15 is 0 Å². The first-order chi connectivity index (χ1) is 9.63. The lowest BCUT2D eigenvalue weighted by Crippen LogP contribution is -1.99. The number of halogens is 1. The monoisotopic (exact) mass is 302 g/mol. The van der Waals surface area contributed by atoms with E-state index in [1.165, 1.54) is 19.5 Å². The molecule has 3 rings (SSSR count). The number of thiophene rings is 2. The Morgan fingerprint density at radius 3 is 1.65 bits per heavy atom. The summed E-state index contributed by atoms with van der Waals surface area (Å²) in [6.07, 6.45) is 0. The van der Waals surface area contributed by atoms with Gasteiger partial charge in [0.1, 0.15) is 5.82 Å². The first-order valence-electron chi connectivity index (χ1n) is 6.51. The molecule has 0 saturated heterocycles. The summed E-state index contributed by atoms with van der Waals surface area (Å²) in [6, 6.07) is 15.5. The number of benzene rings is 1. The van der Waals surface area contributed by atoms with Crippen molar-refractivity contribution in [3.05, 3.63) is 79.4 Å². The van der Waals surface area contributed by atoms with Gasteiger partial charge in [-0.3, -0.25) is 0 Å². The van der Waals surface area contributed by atoms with E-state index in [-0.39, 0.29) is 11.7 Å². The van der Waals surface area contributed by atoms with Crippen LogP contribution in [0.15, 0.2) is 48.5 Å². The molecule has 0 fully saturated rings. The number of rotatable bonds is 3. The lowest BCUT2D eigenvalue weighted by molar-refractivity contribution is 0.627. The minimum Gasteiger partial charge on any atom is -0.207 e. The van der Waals surface area contributed by atoms with Crippen molar-refractivity contribution in [1.29, 1.82) is 0 Å². The third-order valence-corrected chi connectivity index (χ3v) is 5.43. The van der Waals surface area contributed by atoms with Gasteiger partial charge in [-0.15, -0.1) is 22.7 Å². The van der Waals surface area contributed by atoms with Gasteiger partial charge >= 0.3 is 0 Å². The molecule has 20 heavy (non-hydrogen) atoms. The van der Waals surface area contributed by atoms with Crippen LogP contribution in [0.5, 0.6) is 0 Å². The molecule has 0 bridgehead atoms. The number of hydrogen-bond acceptors (Lipinski definition) is 2. The van der Waals surface area contributed by atoms with E-state index in [2.05, 4.69) is 38.1 Å². The van der Waals surface area contributed by atoms with Crippen LogP contribution in [0.25, 0.3) is 0 Å². The Balaban J connectivity index is 2.10. The number of hydrogen-bond donors (Lipinski definition) is 0. The zero-order valence-electron chi connectivity index (χ0n) is 11.4. The summed E-state index contributed by atoms with van der Waals surface area (Å²) in [5, 5.41) is 0. The van der Waals surface area contributed by atoms with Gasteiger partial charge in [-0.05, 0) is 55.8 Å². The molecule has 102 valence electrons. The maximum absolute atomic E-state index is 13.2. The van der Waals surface area contributed by atoms with E-state index in [1.54, 1.807) is 12.1 Å². The van der Waals surface area contributed by atoms with Crippen molar-refractivity contribution in [2.24, 2.45) is 0 Å². The molecule has 0 aliphatic heterocycles. The Hall–Kier alpha value is -1.45. The highest BCUT2D eigenvalue weighted by atomic mass is 32.1. The van der Waals surface area contributed by atoms with Gasteiger partial charge in [0, 0.05) is 19.5 Å². The fourth-order valence-electron chi connectivity index (χ4n) is 2.34. The van der Waals surface area contributed by atoms with Gasteiger partial charge in [-0.25, -0.2) is 4.39 Å². The third kappa shape index (κ3) is 2.69. The lowest BCUT2D eigenvalue weighted by Gasteiger charge is -2.14. The normalized spacial score (nSPS) is 11.2. The summed E-state index contributed by atoms with van der Waals surface area (Å²) >= 11 is 3.62. The minimum atomic E-state index is -0.183. The van der Waals surface area contributed by atoms with E-state index in [4.69, 9.17) is 0 Å². The first kappa shape index (κ1) is 13.5. The third-order valence-electron chi connectivity index (χ3n) is 3.29. The van der Waals surface area contributed by atoms with Crippen molar-refractivity contribution in [3.63, 3.8) is 0 Å². The van der Waals surface area contributed by atoms with Gasteiger partial charge in [0.25, 0.3) is 0 Å². The first-order valence-corrected chi connectivity index (χ1v) is 8.15. The Kier molecular flexibility index (Phi) is 3.72. The average Bonchev–Trinajstić information content (AvgIpc) is 3.02. The summed E-state index contributed by atoms with van der Waals surface area (Å²) in [5.41, 5.74) is 1.15. The summed E-state index contributed by atoms with van der Waals surface area (Å²) in [5.74, 6) is 0.0326. The molecule has 0 amide bonds. The zero-order chi connectivity index (χ0) is 14.1. The molecule has 0 atom stereocenters. The van der Waals surface area contributed by atoms with Gasteiger partial charge in [0.2, 0.25) is 0 Å². The predicted octanol–water partition coefficient (Wildman–Crippen LogP) is 5.75. The SMILES string of the molecule is Cc1ccc(C(c2ccc(F)cc2)c2ccc(C)s2)s1. The van der Waals surface area contributed by atoms with Gasteiger partial charge in [-0.2, -0.15) is 0 Å².